The van der Waals surface area contributed by atoms with Crippen molar-refractivity contribution in [2.45, 2.75) is 32.1 Å². The average Bonchev–Trinajstić information content (AvgIpc) is 3.50. The van der Waals surface area contributed by atoms with Crippen LogP contribution in [0, 0.1) is 0 Å². The van der Waals surface area contributed by atoms with Crippen LogP contribution in [0.4, 0.5) is 0 Å². The van der Waals surface area contributed by atoms with Crippen LogP contribution in [0.5, 0.6) is 0 Å². The minimum atomic E-state index is -0.0446. The van der Waals surface area contributed by atoms with Crippen LogP contribution in [0.1, 0.15) is 48.2 Å². The summed E-state index contributed by atoms with van der Waals surface area (Å²) in [5.41, 5.74) is 18.9. The summed E-state index contributed by atoms with van der Waals surface area (Å²) in [5.74, 6) is 0.562. The molecule has 2 N–H and O–H groups in total. The van der Waals surface area contributed by atoms with E-state index in [-0.39, 0.29) is 5.41 Å². The summed E-state index contributed by atoms with van der Waals surface area (Å²) >= 11 is 0. The van der Waals surface area contributed by atoms with Crippen molar-refractivity contribution < 1.29 is 0 Å². The number of allylic oxidation sites excluding steroid dienone is 2. The van der Waals surface area contributed by atoms with Crippen LogP contribution < -0.4 is 10.4 Å². The summed E-state index contributed by atoms with van der Waals surface area (Å²) in [6.07, 6.45) is 10.6. The van der Waals surface area contributed by atoms with E-state index in [0.29, 0.717) is 5.84 Å². The Bertz CT molecular complexity index is 1670. The van der Waals surface area contributed by atoms with Gasteiger partial charge in [-0.3, -0.25) is 5.73 Å². The fourth-order valence-electron chi connectivity index (χ4n) is 6.23. The Morgan fingerprint density at radius 3 is 2.71 bits per heavy atom. The highest BCUT2D eigenvalue weighted by atomic mass is 15.0. The van der Waals surface area contributed by atoms with E-state index in [0.717, 1.165) is 24.0 Å². The number of nitrogens with zero attached hydrogens (tertiary/aromatic N) is 2. The molecule has 0 saturated heterocycles. The first-order valence-electron chi connectivity index (χ1n) is 12.0. The second-order valence-electron chi connectivity index (χ2n) is 10.0. The van der Waals surface area contributed by atoms with Crippen LogP contribution in [0.3, 0.4) is 0 Å². The van der Waals surface area contributed by atoms with E-state index in [9.17, 15) is 0 Å². The molecule has 0 bridgehead atoms. The number of nitrogens with two attached hydrogens (primary N) is 1. The quantitative estimate of drug-likeness (QED) is 0.394. The molecule has 4 aromatic rings. The molecule has 3 nitrogen and oxygen atoms in total. The third kappa shape index (κ3) is 2.50. The van der Waals surface area contributed by atoms with E-state index in [4.69, 9.17) is 5.73 Å². The number of aromatic nitrogens is 1. The normalized spacial score (nSPS) is 16.9. The standard InChI is InChI=1S/C31H25N3/c1-31(2)25-12-5-3-10-22(25)23-14-15-27-29(30(23)31)24-11-4-6-13-26(24)34(27)21-9-7-8-19(16-21)20-17-28(32)33-18-20/h3-5,7-12,14-18,32H,6,13H2,1-2H3/p+1. The van der Waals surface area contributed by atoms with Crippen LogP contribution in [0.25, 0.3) is 39.4 Å². The van der Waals surface area contributed by atoms with Crippen molar-refractivity contribution in [3.63, 3.8) is 0 Å². The van der Waals surface area contributed by atoms with Gasteiger partial charge in [-0.15, -0.1) is 0 Å². The lowest BCUT2D eigenvalue weighted by atomic mass is 9.80. The van der Waals surface area contributed by atoms with Gasteiger partial charge in [0.15, 0.2) is 6.21 Å². The topological polar surface area (TPSA) is 45.0 Å². The second kappa shape index (κ2) is 6.72. The molecule has 0 saturated carbocycles. The average molecular weight is 441 g/mol. The largest absolute Gasteiger partial charge is 0.366 e. The number of benzene rings is 3. The third-order valence-electron chi connectivity index (χ3n) is 7.72. The van der Waals surface area contributed by atoms with Crippen molar-refractivity contribution in [2.75, 3.05) is 0 Å². The molecule has 1 aliphatic heterocycles. The van der Waals surface area contributed by atoms with Crippen molar-refractivity contribution in [3.8, 4) is 16.8 Å². The van der Waals surface area contributed by atoms with E-state index in [1.165, 1.54) is 50.1 Å². The summed E-state index contributed by atoms with van der Waals surface area (Å²) in [6, 6.07) is 22.3. The van der Waals surface area contributed by atoms with Gasteiger partial charge in [-0.2, -0.15) is 0 Å². The fraction of sp³-hybridized carbons (Fsp3) is 0.161. The number of hydrogen-bond donors (Lipinski definition) is 1. The van der Waals surface area contributed by atoms with Gasteiger partial charge < -0.3 is 4.57 Å². The van der Waals surface area contributed by atoms with E-state index in [2.05, 4.69) is 95.9 Å². The molecule has 3 heteroatoms. The van der Waals surface area contributed by atoms with Gasteiger partial charge in [0, 0.05) is 33.3 Å². The summed E-state index contributed by atoms with van der Waals surface area (Å²) in [4.78, 5) is 0. The molecule has 34 heavy (non-hydrogen) atoms. The number of fused-ring (bicyclic) bond motifs is 7. The third-order valence-corrected chi connectivity index (χ3v) is 7.72. The minimum Gasteiger partial charge on any atom is -0.313 e. The van der Waals surface area contributed by atoms with Crippen molar-refractivity contribution in [2.24, 2.45) is 5.73 Å². The molecule has 7 rings (SSSR count). The van der Waals surface area contributed by atoms with E-state index in [1.807, 2.05) is 12.3 Å². The zero-order chi connectivity index (χ0) is 23.0. The first-order valence-corrected chi connectivity index (χ1v) is 12.0. The van der Waals surface area contributed by atoms with Gasteiger partial charge in [0.05, 0.1) is 11.6 Å². The number of amidine groups is 1. The number of hydrogen-bond acceptors (Lipinski definition) is 1. The molecule has 0 fully saturated rings. The maximum atomic E-state index is 5.90. The molecular formula is C31H26N3+. The zero-order valence-electron chi connectivity index (χ0n) is 19.5. The first-order chi connectivity index (χ1) is 16.5. The van der Waals surface area contributed by atoms with E-state index >= 15 is 0 Å². The maximum Gasteiger partial charge on any atom is 0.366 e. The summed E-state index contributed by atoms with van der Waals surface area (Å²) < 4.78 is 6.73. The fourth-order valence-corrected chi connectivity index (χ4v) is 6.23. The molecule has 0 atom stereocenters. The van der Waals surface area contributed by atoms with Crippen LogP contribution in [-0.2, 0) is 11.8 Å². The van der Waals surface area contributed by atoms with Gasteiger partial charge in [-0.1, -0.05) is 68.5 Å². The molecule has 0 amide bonds. The highest BCUT2D eigenvalue weighted by Gasteiger charge is 2.38. The van der Waals surface area contributed by atoms with Gasteiger partial charge in [0.25, 0.3) is 0 Å². The van der Waals surface area contributed by atoms with Crippen LogP contribution in [0.2, 0.25) is 0 Å². The number of rotatable bonds is 2. The molecule has 3 aliphatic rings. The first kappa shape index (κ1) is 19.4. The predicted octanol–water partition coefficient (Wildman–Crippen LogP) is 5.79. The molecule has 2 heterocycles. The zero-order valence-corrected chi connectivity index (χ0v) is 19.5. The molecular weight excluding hydrogens is 414 g/mol. The molecule has 0 unspecified atom stereocenters. The van der Waals surface area contributed by atoms with Crippen molar-refractivity contribution >= 4 is 34.6 Å². The smallest absolute Gasteiger partial charge is 0.313 e. The van der Waals surface area contributed by atoms with Gasteiger partial charge >= 0.3 is 5.84 Å². The molecule has 0 spiro atoms. The Hall–Kier alpha value is -4.07. The van der Waals surface area contributed by atoms with E-state index < -0.39 is 0 Å². The van der Waals surface area contributed by atoms with Crippen molar-refractivity contribution in [1.82, 2.24) is 9.24 Å². The second-order valence-corrected chi connectivity index (χ2v) is 10.0. The molecule has 2 aliphatic carbocycles. The maximum absolute atomic E-state index is 5.90. The van der Waals surface area contributed by atoms with Gasteiger partial charge in [0.2, 0.25) is 0 Å². The SMILES string of the molecule is CC1(C)c2ccccc2-c2ccc3c(c4c(n3-c3cccc(C5=CC(N)=[N+]=C5)c3)CCC=C4)c21. The Labute approximate surface area is 199 Å². The predicted molar refractivity (Wildman–Crippen MR) is 144 cm³/mol. The van der Waals surface area contributed by atoms with Crippen LogP contribution >= 0.6 is 0 Å². The Morgan fingerprint density at radius 2 is 1.85 bits per heavy atom. The lowest BCUT2D eigenvalue weighted by molar-refractivity contribution is 0.666. The highest BCUT2D eigenvalue weighted by molar-refractivity contribution is 6.21. The highest BCUT2D eigenvalue weighted by Crippen LogP contribution is 2.53. The van der Waals surface area contributed by atoms with Gasteiger partial charge in [0.1, 0.15) is 0 Å². The summed E-state index contributed by atoms with van der Waals surface area (Å²) in [7, 11) is 0. The summed E-state index contributed by atoms with van der Waals surface area (Å²) in [5, 5.41) is 1.40. The molecule has 164 valence electrons. The van der Waals surface area contributed by atoms with Crippen molar-refractivity contribution in [1.29, 1.82) is 0 Å². The molecule has 0 radical (unpaired) electrons. The van der Waals surface area contributed by atoms with Gasteiger partial charge in [-0.25, -0.2) is 4.67 Å². The Kier molecular flexibility index (Phi) is 3.84. The Balaban J connectivity index is 1.53. The van der Waals surface area contributed by atoms with Crippen molar-refractivity contribution in [3.05, 3.63) is 101 Å². The lowest BCUT2D eigenvalue weighted by Crippen LogP contribution is -2.15. The molecule has 1 aromatic heterocycles. The lowest BCUT2D eigenvalue weighted by Gasteiger charge is -2.23. The minimum absolute atomic E-state index is 0.0446. The molecule has 3 aromatic carbocycles. The van der Waals surface area contributed by atoms with Gasteiger partial charge in [-0.05, 0) is 58.9 Å². The monoisotopic (exact) mass is 440 g/mol. The van der Waals surface area contributed by atoms with Crippen LogP contribution in [-0.4, -0.2) is 16.6 Å². The summed E-state index contributed by atoms with van der Waals surface area (Å²) in [6.45, 7) is 4.75. The van der Waals surface area contributed by atoms with E-state index in [1.54, 1.807) is 0 Å². The van der Waals surface area contributed by atoms with Crippen LogP contribution in [0.15, 0.2) is 72.8 Å². The Morgan fingerprint density at radius 1 is 0.971 bits per heavy atom.